The van der Waals surface area contributed by atoms with E-state index in [1.807, 2.05) is 24.3 Å². The number of nitrogens with zero attached hydrogens (tertiary/aromatic N) is 1. The molecule has 0 aliphatic carbocycles. The van der Waals surface area contributed by atoms with Crippen molar-refractivity contribution in [3.63, 3.8) is 0 Å². The molecule has 0 radical (unpaired) electrons. The van der Waals surface area contributed by atoms with E-state index in [2.05, 4.69) is 51.0 Å². The molecule has 1 unspecified atom stereocenters. The van der Waals surface area contributed by atoms with Crippen LogP contribution in [0.1, 0.15) is 17.0 Å². The quantitative estimate of drug-likeness (QED) is 0.577. The summed E-state index contributed by atoms with van der Waals surface area (Å²) in [5, 5.41) is 7.67. The molecule has 1 aliphatic heterocycles. The summed E-state index contributed by atoms with van der Waals surface area (Å²) in [6, 6.07) is 16.4. The summed E-state index contributed by atoms with van der Waals surface area (Å²) in [6.45, 7) is 4.72. The molecule has 1 atom stereocenters. The van der Waals surface area contributed by atoms with E-state index >= 15 is 0 Å². The Kier molecular flexibility index (Phi) is 6.12. The number of fused-ring (bicyclic) bond motifs is 1. The molecule has 1 fully saturated rings. The summed E-state index contributed by atoms with van der Waals surface area (Å²) in [4.78, 5) is 18.1. The lowest BCUT2D eigenvalue weighted by atomic mass is 9.90. The number of benzene rings is 2. The van der Waals surface area contributed by atoms with E-state index in [0.717, 1.165) is 43.0 Å². The number of methoxy groups -OCH3 is 1. The molecule has 1 amide bonds. The number of ether oxygens (including phenoxy) is 1. The van der Waals surface area contributed by atoms with Crippen molar-refractivity contribution >= 4 is 16.8 Å². The third-order valence-corrected chi connectivity index (χ3v) is 5.60. The van der Waals surface area contributed by atoms with Gasteiger partial charge in [-0.3, -0.25) is 9.69 Å². The van der Waals surface area contributed by atoms with Gasteiger partial charge in [-0.25, -0.2) is 0 Å². The number of nitrogens with one attached hydrogen (secondary N) is 3. The molecule has 1 aliphatic rings. The molecule has 6 nitrogen and oxygen atoms in total. The minimum atomic E-state index is 0.0593. The Balaban J connectivity index is 1.54. The van der Waals surface area contributed by atoms with Crippen molar-refractivity contribution in [2.45, 2.75) is 5.92 Å². The minimum Gasteiger partial charge on any atom is -0.497 e. The Morgan fingerprint density at radius 1 is 1.14 bits per heavy atom. The number of H-pyrrole nitrogens is 1. The maximum atomic E-state index is 12.6. The zero-order chi connectivity index (χ0) is 20.1. The van der Waals surface area contributed by atoms with E-state index in [1.165, 1.54) is 10.9 Å². The molecule has 4 rings (SSSR count). The first-order valence-corrected chi connectivity index (χ1v) is 10.1. The number of piperazine rings is 1. The van der Waals surface area contributed by atoms with E-state index in [1.54, 1.807) is 7.11 Å². The molecule has 2 aromatic carbocycles. The van der Waals surface area contributed by atoms with Crippen LogP contribution in [0.3, 0.4) is 0 Å². The van der Waals surface area contributed by atoms with E-state index in [9.17, 15) is 4.79 Å². The monoisotopic (exact) mass is 392 g/mol. The molecular weight excluding hydrogens is 364 g/mol. The number of hydrogen-bond donors (Lipinski definition) is 3. The standard InChI is InChI=1S/C23H28N4O2/c1-29-18-8-6-17(7-9-18)20(21-15-25-22-5-3-2-4-19(21)22)14-26-23(28)16-27-12-10-24-11-13-27/h2-9,15,20,24-25H,10-14,16H2,1H3,(H,26,28). The average molecular weight is 393 g/mol. The number of carbonyl (C=O) groups excluding carboxylic acids is 1. The Bertz CT molecular complexity index is 945. The van der Waals surface area contributed by atoms with Gasteiger partial charge in [-0.2, -0.15) is 0 Å². The lowest BCUT2D eigenvalue weighted by Gasteiger charge is -2.27. The average Bonchev–Trinajstić information content (AvgIpc) is 3.19. The number of amides is 1. The SMILES string of the molecule is COc1ccc(C(CNC(=O)CN2CCNCC2)c2c[nH]c3ccccc23)cc1. The lowest BCUT2D eigenvalue weighted by molar-refractivity contribution is -0.122. The van der Waals surface area contributed by atoms with Crippen LogP contribution in [0.5, 0.6) is 5.75 Å². The van der Waals surface area contributed by atoms with Crippen LogP contribution in [0.25, 0.3) is 10.9 Å². The van der Waals surface area contributed by atoms with Gasteiger partial charge in [0, 0.05) is 55.7 Å². The molecule has 152 valence electrons. The maximum Gasteiger partial charge on any atom is 0.234 e. The number of aromatic amines is 1. The molecule has 0 saturated carbocycles. The Hall–Kier alpha value is -2.83. The van der Waals surface area contributed by atoms with Crippen molar-refractivity contribution in [3.8, 4) is 5.75 Å². The summed E-state index contributed by atoms with van der Waals surface area (Å²) in [6.07, 6.45) is 2.06. The van der Waals surface area contributed by atoms with Gasteiger partial charge in [0.05, 0.1) is 13.7 Å². The van der Waals surface area contributed by atoms with Crippen LogP contribution >= 0.6 is 0 Å². The van der Waals surface area contributed by atoms with Crippen molar-refractivity contribution in [1.82, 2.24) is 20.5 Å². The van der Waals surface area contributed by atoms with Gasteiger partial charge < -0.3 is 20.4 Å². The predicted molar refractivity (Wildman–Crippen MR) is 115 cm³/mol. The predicted octanol–water partition coefficient (Wildman–Crippen LogP) is 2.33. The number of hydrogen-bond acceptors (Lipinski definition) is 4. The second-order valence-electron chi connectivity index (χ2n) is 7.45. The molecule has 6 heteroatoms. The number of rotatable bonds is 7. The van der Waals surface area contributed by atoms with Crippen LogP contribution in [0.15, 0.2) is 54.7 Å². The summed E-state index contributed by atoms with van der Waals surface area (Å²) < 4.78 is 5.31. The number of carbonyl (C=O) groups is 1. The van der Waals surface area contributed by atoms with Crippen molar-refractivity contribution in [1.29, 1.82) is 0 Å². The summed E-state index contributed by atoms with van der Waals surface area (Å²) in [5.74, 6) is 0.962. The first-order valence-electron chi connectivity index (χ1n) is 10.1. The van der Waals surface area contributed by atoms with Gasteiger partial charge in [-0.1, -0.05) is 30.3 Å². The van der Waals surface area contributed by atoms with E-state index in [-0.39, 0.29) is 11.8 Å². The topological polar surface area (TPSA) is 69.4 Å². The fourth-order valence-electron chi connectivity index (χ4n) is 3.97. The van der Waals surface area contributed by atoms with Crippen LogP contribution in [0.4, 0.5) is 0 Å². The van der Waals surface area contributed by atoms with E-state index in [4.69, 9.17) is 4.74 Å². The highest BCUT2D eigenvalue weighted by atomic mass is 16.5. The number of aromatic nitrogens is 1. The molecule has 2 heterocycles. The zero-order valence-electron chi connectivity index (χ0n) is 16.8. The smallest absolute Gasteiger partial charge is 0.234 e. The normalized spacial score (nSPS) is 15.9. The summed E-state index contributed by atoms with van der Waals surface area (Å²) in [7, 11) is 1.67. The van der Waals surface area contributed by atoms with Crippen LogP contribution in [0.2, 0.25) is 0 Å². The first-order chi connectivity index (χ1) is 14.2. The molecule has 3 N–H and O–H groups in total. The van der Waals surface area contributed by atoms with Gasteiger partial charge in [0.2, 0.25) is 5.91 Å². The molecule has 0 bridgehead atoms. The zero-order valence-corrected chi connectivity index (χ0v) is 16.8. The van der Waals surface area contributed by atoms with Crippen molar-refractivity contribution in [3.05, 3.63) is 65.9 Å². The van der Waals surface area contributed by atoms with Crippen molar-refractivity contribution in [2.24, 2.45) is 0 Å². The lowest BCUT2D eigenvalue weighted by Crippen LogP contribution is -2.47. The van der Waals surface area contributed by atoms with E-state index < -0.39 is 0 Å². The molecule has 29 heavy (non-hydrogen) atoms. The maximum absolute atomic E-state index is 12.6. The molecule has 1 saturated heterocycles. The second-order valence-corrected chi connectivity index (χ2v) is 7.45. The van der Waals surface area contributed by atoms with E-state index in [0.29, 0.717) is 13.1 Å². The fraction of sp³-hybridized carbons (Fsp3) is 0.348. The van der Waals surface area contributed by atoms with Gasteiger partial charge in [-0.05, 0) is 29.3 Å². The molecule has 1 aromatic heterocycles. The minimum absolute atomic E-state index is 0.0593. The summed E-state index contributed by atoms with van der Waals surface area (Å²) in [5.41, 5.74) is 3.44. The van der Waals surface area contributed by atoms with Crippen molar-refractivity contribution < 1.29 is 9.53 Å². The van der Waals surface area contributed by atoms with Crippen LogP contribution in [0, 0.1) is 0 Å². The first kappa shape index (κ1) is 19.5. The van der Waals surface area contributed by atoms with Gasteiger partial charge >= 0.3 is 0 Å². The van der Waals surface area contributed by atoms with Crippen LogP contribution in [-0.2, 0) is 4.79 Å². The van der Waals surface area contributed by atoms with Crippen molar-refractivity contribution in [2.75, 3.05) is 46.4 Å². The molecule has 3 aromatic rings. The van der Waals surface area contributed by atoms with Gasteiger partial charge in [0.1, 0.15) is 5.75 Å². The molecule has 0 spiro atoms. The molecular formula is C23H28N4O2. The van der Waals surface area contributed by atoms with Crippen LogP contribution in [-0.4, -0.2) is 62.2 Å². The highest BCUT2D eigenvalue weighted by molar-refractivity contribution is 5.84. The largest absolute Gasteiger partial charge is 0.497 e. The Morgan fingerprint density at radius 2 is 1.90 bits per heavy atom. The van der Waals surface area contributed by atoms with Gasteiger partial charge in [0.15, 0.2) is 0 Å². The highest BCUT2D eigenvalue weighted by Gasteiger charge is 2.20. The Labute approximate surface area is 171 Å². The summed E-state index contributed by atoms with van der Waals surface area (Å²) >= 11 is 0. The fourth-order valence-corrected chi connectivity index (χ4v) is 3.97. The number of para-hydroxylation sites is 1. The Morgan fingerprint density at radius 3 is 2.66 bits per heavy atom. The van der Waals surface area contributed by atoms with Crippen LogP contribution < -0.4 is 15.4 Å². The third-order valence-electron chi connectivity index (χ3n) is 5.60. The highest BCUT2D eigenvalue weighted by Crippen LogP contribution is 2.31. The van der Waals surface area contributed by atoms with Gasteiger partial charge in [-0.15, -0.1) is 0 Å². The third kappa shape index (κ3) is 4.60. The van der Waals surface area contributed by atoms with Gasteiger partial charge in [0.25, 0.3) is 0 Å². The second kappa shape index (κ2) is 9.11.